The normalized spacial score (nSPS) is 28.9. The third-order valence-electron chi connectivity index (χ3n) is 4.82. The number of nitrogens with zero attached hydrogens (tertiary/aromatic N) is 1. The average molecular weight is 267 g/mol. The van der Waals surface area contributed by atoms with Gasteiger partial charge >= 0.3 is 0 Å². The first kappa shape index (κ1) is 16.2. The first-order chi connectivity index (χ1) is 8.91. The van der Waals surface area contributed by atoms with Crippen LogP contribution in [0.5, 0.6) is 0 Å². The Morgan fingerprint density at radius 3 is 2.68 bits per heavy atom. The van der Waals surface area contributed by atoms with Crippen molar-refractivity contribution in [1.82, 2.24) is 4.90 Å². The first-order valence-corrected chi connectivity index (χ1v) is 7.34. The molecule has 0 N–H and O–H groups in total. The lowest BCUT2D eigenvalue weighted by molar-refractivity contribution is -0.130. The van der Waals surface area contributed by atoms with Crippen LogP contribution in [-0.4, -0.2) is 36.6 Å². The van der Waals surface area contributed by atoms with Crippen molar-refractivity contribution in [3.63, 3.8) is 0 Å². The summed E-state index contributed by atoms with van der Waals surface area (Å²) in [6.45, 7) is 8.59. The van der Waals surface area contributed by atoms with Crippen molar-refractivity contribution in [2.24, 2.45) is 11.8 Å². The van der Waals surface area contributed by atoms with Gasteiger partial charge in [-0.25, -0.2) is 0 Å². The van der Waals surface area contributed by atoms with Crippen molar-refractivity contribution >= 4 is 5.91 Å². The molecule has 19 heavy (non-hydrogen) atoms. The van der Waals surface area contributed by atoms with Crippen LogP contribution in [0.2, 0.25) is 0 Å². The van der Waals surface area contributed by atoms with Gasteiger partial charge in [0.15, 0.2) is 0 Å². The standard InChI is InChI=1S/C16H29NO2/c1-7-9-13-11-14(18)17(5)15(13)12(3)16(4,19-6)10-8-2/h7,9,12-13,15H,8,10-11H2,1-6H3/b9-7-. The molecule has 3 heteroatoms. The van der Waals surface area contributed by atoms with Gasteiger partial charge in [0.05, 0.1) is 5.60 Å². The van der Waals surface area contributed by atoms with E-state index in [2.05, 4.69) is 32.9 Å². The highest BCUT2D eigenvalue weighted by atomic mass is 16.5. The van der Waals surface area contributed by atoms with Gasteiger partial charge in [-0.05, 0) is 20.3 Å². The number of hydrogen-bond donors (Lipinski definition) is 0. The summed E-state index contributed by atoms with van der Waals surface area (Å²) in [6, 6.07) is 0.236. The molecule has 1 saturated heterocycles. The topological polar surface area (TPSA) is 29.5 Å². The van der Waals surface area contributed by atoms with Gasteiger partial charge < -0.3 is 9.64 Å². The van der Waals surface area contributed by atoms with E-state index in [1.807, 2.05) is 18.9 Å². The van der Waals surface area contributed by atoms with Crippen molar-refractivity contribution in [3.8, 4) is 0 Å². The Hall–Kier alpha value is -0.830. The van der Waals surface area contributed by atoms with Gasteiger partial charge in [-0.2, -0.15) is 0 Å². The Balaban J connectivity index is 2.99. The molecule has 110 valence electrons. The Morgan fingerprint density at radius 2 is 2.21 bits per heavy atom. The smallest absolute Gasteiger partial charge is 0.223 e. The quantitative estimate of drug-likeness (QED) is 0.691. The molecule has 1 rings (SSSR count). The van der Waals surface area contributed by atoms with Gasteiger partial charge in [0.2, 0.25) is 5.91 Å². The molecule has 0 aromatic carbocycles. The Kier molecular flexibility index (Phi) is 5.60. The fraction of sp³-hybridized carbons (Fsp3) is 0.812. The number of allylic oxidation sites excluding steroid dienone is 1. The minimum atomic E-state index is -0.169. The molecular weight excluding hydrogens is 238 g/mol. The van der Waals surface area contributed by atoms with Crippen molar-refractivity contribution in [2.45, 2.75) is 58.6 Å². The van der Waals surface area contributed by atoms with E-state index in [4.69, 9.17) is 4.74 Å². The second-order valence-corrected chi connectivity index (χ2v) is 5.94. The van der Waals surface area contributed by atoms with Crippen LogP contribution in [0.15, 0.2) is 12.2 Å². The lowest BCUT2D eigenvalue weighted by Gasteiger charge is -2.41. The molecule has 4 unspecified atom stereocenters. The maximum absolute atomic E-state index is 12.0. The van der Waals surface area contributed by atoms with Gasteiger partial charge in [-0.3, -0.25) is 4.79 Å². The highest BCUT2D eigenvalue weighted by Gasteiger charge is 2.45. The average Bonchev–Trinajstić information content (AvgIpc) is 2.65. The van der Waals surface area contributed by atoms with Crippen LogP contribution in [-0.2, 0) is 9.53 Å². The van der Waals surface area contributed by atoms with Crippen molar-refractivity contribution in [1.29, 1.82) is 0 Å². The Bertz CT molecular complexity index is 340. The van der Waals surface area contributed by atoms with Gasteiger partial charge in [0.25, 0.3) is 0 Å². The summed E-state index contributed by atoms with van der Waals surface area (Å²) in [5.74, 6) is 0.869. The van der Waals surface area contributed by atoms with Crippen LogP contribution >= 0.6 is 0 Å². The molecule has 4 atom stereocenters. The van der Waals surface area contributed by atoms with Crippen molar-refractivity contribution in [3.05, 3.63) is 12.2 Å². The SMILES string of the molecule is C/C=C\C1CC(=O)N(C)C1C(C)C(C)(CCC)OC. The third-order valence-corrected chi connectivity index (χ3v) is 4.82. The number of hydrogen-bond acceptors (Lipinski definition) is 2. The van der Waals surface area contributed by atoms with Crippen LogP contribution in [0, 0.1) is 11.8 Å². The summed E-state index contributed by atoms with van der Waals surface area (Å²) < 4.78 is 5.80. The molecule has 0 spiro atoms. The molecule has 1 aliphatic rings. The number of methoxy groups -OCH3 is 1. The van der Waals surface area contributed by atoms with Gasteiger partial charge in [0, 0.05) is 38.5 Å². The molecular formula is C16H29NO2. The van der Waals surface area contributed by atoms with E-state index in [0.717, 1.165) is 12.8 Å². The summed E-state index contributed by atoms with van der Waals surface area (Å²) in [7, 11) is 3.71. The maximum Gasteiger partial charge on any atom is 0.223 e. The lowest BCUT2D eigenvalue weighted by atomic mass is 9.77. The number of carbonyl (C=O) groups excluding carboxylic acids is 1. The molecule has 1 aliphatic heterocycles. The highest BCUT2D eigenvalue weighted by Crippen LogP contribution is 2.38. The fourth-order valence-electron chi connectivity index (χ4n) is 3.43. The van der Waals surface area contributed by atoms with Crippen molar-refractivity contribution < 1.29 is 9.53 Å². The summed E-state index contributed by atoms with van der Waals surface area (Å²) in [4.78, 5) is 13.9. The number of ether oxygens (including phenoxy) is 1. The summed E-state index contributed by atoms with van der Waals surface area (Å²) in [5.41, 5.74) is -0.169. The minimum absolute atomic E-state index is 0.169. The summed E-state index contributed by atoms with van der Waals surface area (Å²) in [6.07, 6.45) is 6.96. The van der Waals surface area contributed by atoms with E-state index >= 15 is 0 Å². The van der Waals surface area contributed by atoms with Crippen LogP contribution < -0.4 is 0 Å². The molecule has 0 saturated carbocycles. The van der Waals surface area contributed by atoms with Crippen LogP contribution in [0.25, 0.3) is 0 Å². The predicted octanol–water partition coefficient (Wildman–Crippen LogP) is 3.25. The summed E-state index contributed by atoms with van der Waals surface area (Å²) >= 11 is 0. The summed E-state index contributed by atoms with van der Waals surface area (Å²) in [5, 5.41) is 0. The lowest BCUT2D eigenvalue weighted by Crippen LogP contribution is -2.48. The first-order valence-electron chi connectivity index (χ1n) is 7.34. The zero-order chi connectivity index (χ0) is 14.6. The fourth-order valence-corrected chi connectivity index (χ4v) is 3.43. The van der Waals surface area contributed by atoms with E-state index in [1.54, 1.807) is 7.11 Å². The van der Waals surface area contributed by atoms with Gasteiger partial charge in [0.1, 0.15) is 0 Å². The largest absolute Gasteiger partial charge is 0.378 e. The Labute approximate surface area is 118 Å². The number of carbonyl (C=O) groups is 1. The third kappa shape index (κ3) is 3.19. The molecule has 1 heterocycles. The Morgan fingerprint density at radius 1 is 1.58 bits per heavy atom. The van der Waals surface area contributed by atoms with Crippen LogP contribution in [0.3, 0.4) is 0 Å². The van der Waals surface area contributed by atoms with E-state index in [0.29, 0.717) is 18.3 Å². The molecule has 0 aromatic rings. The molecule has 0 aromatic heterocycles. The maximum atomic E-state index is 12.0. The van der Waals surface area contributed by atoms with Crippen molar-refractivity contribution in [2.75, 3.05) is 14.2 Å². The number of amides is 1. The second kappa shape index (κ2) is 6.56. The molecule has 1 fully saturated rings. The number of likely N-dealkylation sites (tertiary alicyclic amines) is 1. The van der Waals surface area contributed by atoms with Crippen LogP contribution in [0.1, 0.15) is 47.0 Å². The van der Waals surface area contributed by atoms with E-state index in [-0.39, 0.29) is 17.6 Å². The van der Waals surface area contributed by atoms with E-state index in [9.17, 15) is 4.79 Å². The van der Waals surface area contributed by atoms with E-state index in [1.165, 1.54) is 0 Å². The molecule has 0 radical (unpaired) electrons. The molecule has 3 nitrogen and oxygen atoms in total. The second-order valence-electron chi connectivity index (χ2n) is 5.94. The zero-order valence-corrected chi connectivity index (χ0v) is 13.3. The highest BCUT2D eigenvalue weighted by molar-refractivity contribution is 5.79. The van der Waals surface area contributed by atoms with Crippen LogP contribution in [0.4, 0.5) is 0 Å². The molecule has 1 amide bonds. The molecule has 0 aliphatic carbocycles. The van der Waals surface area contributed by atoms with E-state index < -0.39 is 0 Å². The monoisotopic (exact) mass is 267 g/mol. The minimum Gasteiger partial charge on any atom is -0.378 e. The number of rotatable bonds is 6. The van der Waals surface area contributed by atoms with Gasteiger partial charge in [-0.1, -0.05) is 32.4 Å². The van der Waals surface area contributed by atoms with Gasteiger partial charge in [-0.15, -0.1) is 0 Å². The predicted molar refractivity (Wildman–Crippen MR) is 79.0 cm³/mol. The molecule has 0 bridgehead atoms. The zero-order valence-electron chi connectivity index (χ0n) is 13.3.